The zero-order valence-electron chi connectivity index (χ0n) is 52.7. The second-order valence-electron chi connectivity index (χ2n) is 27.8. The average Bonchev–Trinajstić information content (AvgIpc) is 0.736. The predicted octanol–water partition coefficient (Wildman–Crippen LogP) is 21.5. The molecule has 12 aromatic carbocycles. The third kappa shape index (κ3) is 8.97. The predicted molar refractivity (Wildman–Crippen MR) is 384 cm³/mol. The van der Waals surface area contributed by atoms with E-state index in [1.165, 1.54) is 55.0 Å². The van der Waals surface area contributed by atoms with Gasteiger partial charge in [-0.3, -0.25) is 0 Å². The van der Waals surface area contributed by atoms with Gasteiger partial charge in [0.15, 0.2) is 11.2 Å². The minimum absolute atomic E-state index is 0.0628. The molecule has 2 aliphatic rings. The maximum Gasteiger partial charge on any atom is 0.252 e. The van der Waals surface area contributed by atoms with Crippen molar-refractivity contribution >= 4 is 118 Å². The normalized spacial score (nSPS) is 13.1. The molecule has 2 aliphatic heterocycles. The highest BCUT2D eigenvalue weighted by Gasteiger charge is 2.45. The molecule has 0 unspecified atom stereocenters. The largest absolute Gasteiger partial charge is 0.452 e. The van der Waals surface area contributed by atoms with Crippen molar-refractivity contribution in [2.24, 2.45) is 0 Å². The molecule has 5 nitrogen and oxygen atoms in total. The molecule has 0 saturated carbocycles. The molecule has 0 saturated heterocycles. The van der Waals surface area contributed by atoms with Gasteiger partial charge in [0.2, 0.25) is 0 Å². The quantitative estimate of drug-likeness (QED) is 0.142. The SMILES string of the molecule is CC(C)(C)c1cccc(-c2cc(N3c4ccc(C(C)(C)C)cc4B4c5ccc(N(c6ccccc6)c6ccccc6)cc5N(c5ccc(-c6ccccc6)cc5)c5cc(C(C)(C)C)cc3c54)c3oc4c(-n5c6ccccc6c6ccccc65)cccc4c3c2)c1. The van der Waals surface area contributed by atoms with Crippen LogP contribution in [0.25, 0.3) is 71.7 Å². The molecule has 90 heavy (non-hydrogen) atoms. The summed E-state index contributed by atoms with van der Waals surface area (Å²) in [5.41, 5.74) is 26.6. The number of furan rings is 1. The van der Waals surface area contributed by atoms with Gasteiger partial charge in [0.25, 0.3) is 6.71 Å². The Morgan fingerprint density at radius 2 is 0.856 bits per heavy atom. The van der Waals surface area contributed by atoms with E-state index in [0.29, 0.717) is 0 Å². The van der Waals surface area contributed by atoms with Gasteiger partial charge >= 0.3 is 0 Å². The van der Waals surface area contributed by atoms with Crippen LogP contribution in [0.2, 0.25) is 0 Å². The molecular formula is C84H71BN4O. The van der Waals surface area contributed by atoms with Crippen molar-refractivity contribution in [3.05, 3.63) is 284 Å². The summed E-state index contributed by atoms with van der Waals surface area (Å²) in [5.74, 6) is 0. The van der Waals surface area contributed by atoms with Crippen LogP contribution in [0.15, 0.2) is 271 Å². The summed E-state index contributed by atoms with van der Waals surface area (Å²) in [4.78, 5) is 7.57. The number of aromatic nitrogens is 1. The highest BCUT2D eigenvalue weighted by atomic mass is 16.3. The summed E-state index contributed by atoms with van der Waals surface area (Å²) < 4.78 is 10.2. The van der Waals surface area contributed by atoms with Gasteiger partial charge in [-0.25, -0.2) is 0 Å². The van der Waals surface area contributed by atoms with Crippen LogP contribution in [-0.2, 0) is 16.2 Å². The van der Waals surface area contributed by atoms with Crippen molar-refractivity contribution in [3.63, 3.8) is 0 Å². The Labute approximate surface area is 528 Å². The van der Waals surface area contributed by atoms with E-state index in [1.54, 1.807) is 0 Å². The lowest BCUT2D eigenvalue weighted by Gasteiger charge is -2.45. The molecule has 0 atom stereocenters. The first-order chi connectivity index (χ1) is 43.5. The van der Waals surface area contributed by atoms with Gasteiger partial charge in [-0.05, 0) is 169 Å². The average molecular weight is 1160 g/mol. The molecule has 4 heterocycles. The van der Waals surface area contributed by atoms with Gasteiger partial charge in [-0.2, -0.15) is 0 Å². The van der Waals surface area contributed by atoms with Crippen molar-refractivity contribution in [2.75, 3.05) is 14.7 Å². The fourth-order valence-corrected chi connectivity index (χ4v) is 14.3. The van der Waals surface area contributed by atoms with Crippen molar-refractivity contribution in [1.29, 1.82) is 0 Å². The number of benzene rings is 12. The number of anilines is 9. The summed E-state index contributed by atoms with van der Waals surface area (Å²) in [5, 5.41) is 4.56. The topological polar surface area (TPSA) is 27.8 Å². The van der Waals surface area contributed by atoms with E-state index >= 15 is 0 Å². The highest BCUT2D eigenvalue weighted by molar-refractivity contribution is 7.00. The van der Waals surface area contributed by atoms with Crippen LogP contribution < -0.4 is 31.1 Å². The molecule has 0 fully saturated rings. The van der Waals surface area contributed by atoms with Crippen LogP contribution >= 0.6 is 0 Å². The maximum atomic E-state index is 7.79. The first-order valence-electron chi connectivity index (χ1n) is 31.8. The van der Waals surface area contributed by atoms with E-state index in [1.807, 2.05) is 0 Å². The standard InChI is InChI=1S/C84H71BN4O/c1-82(2,3)58-28-23-27-56(47-58)57-48-68-67-35-24-38-74(88-71-36-21-19-33-65(71)66-34-20-22-37-72(66)88)80(67)90-81(68)78(49-57)89-73-46-41-59(83(4,5)6)50-70(73)85-69-45-44-64(86(61-29-15-11-16-30-61)62-31-17-12-18-32-62)53-75(69)87(76-51-60(84(7,8)9)52-77(89)79(76)85)63-42-39-55(40-43-63)54-25-13-10-14-26-54/h10-53H,1-9H3. The first kappa shape index (κ1) is 55.0. The number of fused-ring (bicyclic) bond motifs is 10. The number of rotatable bonds is 8. The van der Waals surface area contributed by atoms with Crippen LogP contribution in [0.5, 0.6) is 0 Å². The van der Waals surface area contributed by atoms with Crippen LogP contribution in [-0.4, -0.2) is 11.3 Å². The van der Waals surface area contributed by atoms with E-state index in [-0.39, 0.29) is 23.0 Å². The van der Waals surface area contributed by atoms with Crippen molar-refractivity contribution in [3.8, 4) is 27.9 Å². The van der Waals surface area contributed by atoms with Gasteiger partial charge in [0.05, 0.1) is 22.4 Å². The molecule has 14 aromatic rings. The van der Waals surface area contributed by atoms with E-state index in [0.717, 1.165) is 101 Å². The molecule has 0 N–H and O–H groups in total. The molecule has 16 rings (SSSR count). The molecular weight excluding hydrogens is 1090 g/mol. The summed E-state index contributed by atoms with van der Waals surface area (Å²) >= 11 is 0. The minimum atomic E-state index is -0.257. The summed E-state index contributed by atoms with van der Waals surface area (Å²) in [7, 11) is 0. The Kier molecular flexibility index (Phi) is 12.6. The lowest BCUT2D eigenvalue weighted by Crippen LogP contribution is -2.61. The van der Waals surface area contributed by atoms with E-state index < -0.39 is 0 Å². The van der Waals surface area contributed by atoms with Crippen LogP contribution in [0, 0.1) is 0 Å². The van der Waals surface area contributed by atoms with Gasteiger partial charge < -0.3 is 23.7 Å². The number of hydrogen-bond donors (Lipinski definition) is 0. The molecule has 0 spiro atoms. The summed E-state index contributed by atoms with van der Waals surface area (Å²) in [6.45, 7) is 20.9. The molecule has 0 aliphatic carbocycles. The minimum Gasteiger partial charge on any atom is -0.452 e. The molecule has 436 valence electrons. The highest BCUT2D eigenvalue weighted by Crippen LogP contribution is 2.52. The fourth-order valence-electron chi connectivity index (χ4n) is 14.3. The van der Waals surface area contributed by atoms with Crippen LogP contribution in [0.4, 0.5) is 51.2 Å². The fraction of sp³-hybridized carbons (Fsp3) is 0.143. The Morgan fingerprint density at radius 3 is 1.50 bits per heavy atom. The Balaban J connectivity index is 1.02. The van der Waals surface area contributed by atoms with E-state index in [4.69, 9.17) is 4.42 Å². The van der Waals surface area contributed by atoms with Gasteiger partial charge in [-0.1, -0.05) is 232 Å². The number of para-hydroxylation sites is 5. The van der Waals surface area contributed by atoms with Gasteiger partial charge in [0, 0.05) is 67.0 Å². The summed E-state index contributed by atoms with van der Waals surface area (Å²) in [6, 6.07) is 99.4. The molecule has 0 amide bonds. The van der Waals surface area contributed by atoms with Crippen molar-refractivity contribution in [1.82, 2.24) is 4.57 Å². The Hall–Kier alpha value is -10.3. The third-order valence-corrected chi connectivity index (χ3v) is 19.0. The Bertz CT molecular complexity index is 5040. The van der Waals surface area contributed by atoms with E-state index in [2.05, 4.69) is 349 Å². The molecule has 0 radical (unpaired) electrons. The van der Waals surface area contributed by atoms with Gasteiger partial charge in [-0.15, -0.1) is 0 Å². The van der Waals surface area contributed by atoms with Gasteiger partial charge in [0.1, 0.15) is 0 Å². The van der Waals surface area contributed by atoms with Crippen LogP contribution in [0.1, 0.15) is 79.0 Å². The lowest BCUT2D eigenvalue weighted by atomic mass is 9.33. The van der Waals surface area contributed by atoms with Crippen molar-refractivity contribution in [2.45, 2.75) is 78.6 Å². The molecule has 2 aromatic heterocycles. The third-order valence-electron chi connectivity index (χ3n) is 19.0. The zero-order valence-corrected chi connectivity index (χ0v) is 52.7. The number of hydrogen-bond acceptors (Lipinski definition) is 4. The smallest absolute Gasteiger partial charge is 0.252 e. The number of nitrogens with zero attached hydrogens (tertiary/aromatic N) is 4. The molecule has 0 bridgehead atoms. The zero-order chi connectivity index (χ0) is 61.4. The second kappa shape index (κ2) is 20.6. The first-order valence-corrected chi connectivity index (χ1v) is 31.8. The van der Waals surface area contributed by atoms with Crippen LogP contribution in [0.3, 0.4) is 0 Å². The van der Waals surface area contributed by atoms with E-state index in [9.17, 15) is 0 Å². The summed E-state index contributed by atoms with van der Waals surface area (Å²) in [6.07, 6.45) is 0. The second-order valence-corrected chi connectivity index (χ2v) is 27.8. The maximum absolute atomic E-state index is 7.79. The lowest BCUT2D eigenvalue weighted by molar-refractivity contribution is 0.590. The van der Waals surface area contributed by atoms with Crippen molar-refractivity contribution < 1.29 is 4.42 Å². The monoisotopic (exact) mass is 1160 g/mol. The molecule has 6 heteroatoms. The Morgan fingerprint density at radius 1 is 0.311 bits per heavy atom.